The van der Waals surface area contributed by atoms with Crippen LogP contribution in [0.4, 0.5) is 5.82 Å². The maximum absolute atomic E-state index is 9.87. The molecule has 0 bridgehead atoms. The van der Waals surface area contributed by atoms with Crippen molar-refractivity contribution in [2.24, 2.45) is 0 Å². The van der Waals surface area contributed by atoms with Crippen LogP contribution >= 0.6 is 11.8 Å². The van der Waals surface area contributed by atoms with Gasteiger partial charge < -0.3 is 19.8 Å². The highest BCUT2D eigenvalue weighted by Gasteiger charge is 2.18. The first-order valence-corrected chi connectivity index (χ1v) is 8.72. The number of para-hydroxylation sites is 1. The molecule has 8 nitrogen and oxygen atoms in total. The van der Waals surface area contributed by atoms with Gasteiger partial charge in [-0.25, -0.2) is 19.9 Å². The lowest BCUT2D eigenvalue weighted by Crippen LogP contribution is -2.01. The molecule has 0 spiro atoms. The molecule has 0 fully saturated rings. The lowest BCUT2D eigenvalue weighted by atomic mass is 10.3. The van der Waals surface area contributed by atoms with E-state index in [1.54, 1.807) is 18.2 Å². The molecule has 3 N–H and O–H groups in total. The molecule has 0 aliphatic heterocycles. The highest BCUT2D eigenvalue weighted by molar-refractivity contribution is 7.99. The first kappa shape index (κ1) is 15.7. The zero-order chi connectivity index (χ0) is 17.4. The first-order valence-electron chi connectivity index (χ1n) is 7.90. The van der Waals surface area contributed by atoms with Crippen LogP contribution in [0.3, 0.4) is 0 Å². The molecule has 9 heteroatoms. The van der Waals surface area contributed by atoms with Gasteiger partial charge in [-0.3, -0.25) is 0 Å². The topological polar surface area (TPSA) is 116 Å². The zero-order valence-corrected chi connectivity index (χ0v) is 14.3. The van der Waals surface area contributed by atoms with Crippen molar-refractivity contribution in [2.75, 3.05) is 5.73 Å². The number of fused-ring (bicyclic) bond motifs is 2. The second kappa shape index (κ2) is 6.25. The van der Waals surface area contributed by atoms with Gasteiger partial charge in [-0.2, -0.15) is 0 Å². The maximum atomic E-state index is 9.87. The summed E-state index contributed by atoms with van der Waals surface area (Å²) in [6.45, 7) is 2.89. The van der Waals surface area contributed by atoms with Crippen molar-refractivity contribution >= 4 is 39.8 Å². The smallest absolute Gasteiger partial charge is 0.264 e. The van der Waals surface area contributed by atoms with E-state index in [1.165, 1.54) is 18.1 Å². The van der Waals surface area contributed by atoms with Crippen molar-refractivity contribution < 1.29 is 9.52 Å². The average molecular weight is 356 g/mol. The molecule has 0 atom stereocenters. The van der Waals surface area contributed by atoms with Crippen LogP contribution in [0.5, 0.6) is 5.75 Å². The van der Waals surface area contributed by atoms with Crippen LogP contribution in [0.1, 0.15) is 19.8 Å². The van der Waals surface area contributed by atoms with E-state index in [1.807, 2.05) is 4.57 Å². The van der Waals surface area contributed by atoms with E-state index in [9.17, 15) is 5.11 Å². The fourth-order valence-corrected chi connectivity index (χ4v) is 3.42. The van der Waals surface area contributed by atoms with Crippen LogP contribution in [0.15, 0.2) is 39.3 Å². The lowest BCUT2D eigenvalue weighted by molar-refractivity contribution is 0.440. The summed E-state index contributed by atoms with van der Waals surface area (Å²) in [5.74, 6) is 0.406. The van der Waals surface area contributed by atoms with Crippen LogP contribution < -0.4 is 5.73 Å². The number of hydrogen-bond acceptors (Lipinski definition) is 8. The van der Waals surface area contributed by atoms with Crippen molar-refractivity contribution in [2.45, 2.75) is 36.7 Å². The largest absolute Gasteiger partial charge is 0.504 e. The third-order valence-corrected chi connectivity index (χ3v) is 4.66. The molecular weight excluding hydrogens is 340 g/mol. The number of aromatic nitrogens is 5. The third-order valence-electron chi connectivity index (χ3n) is 3.81. The summed E-state index contributed by atoms with van der Waals surface area (Å²) in [7, 11) is 0. The zero-order valence-electron chi connectivity index (χ0n) is 13.5. The van der Waals surface area contributed by atoms with Gasteiger partial charge in [-0.1, -0.05) is 19.4 Å². The van der Waals surface area contributed by atoms with E-state index in [0.29, 0.717) is 38.5 Å². The number of nitrogen functional groups attached to an aromatic ring is 1. The van der Waals surface area contributed by atoms with Gasteiger partial charge in [0.25, 0.3) is 5.22 Å². The van der Waals surface area contributed by atoms with Crippen LogP contribution in [0.2, 0.25) is 0 Å². The number of oxazole rings is 1. The van der Waals surface area contributed by atoms with Crippen molar-refractivity contribution in [3.63, 3.8) is 0 Å². The number of anilines is 1. The van der Waals surface area contributed by atoms with Gasteiger partial charge in [0.2, 0.25) is 0 Å². The van der Waals surface area contributed by atoms with Gasteiger partial charge in [-0.15, -0.1) is 0 Å². The fraction of sp³-hybridized carbons (Fsp3) is 0.250. The molecule has 0 saturated heterocycles. The van der Waals surface area contributed by atoms with Crippen molar-refractivity contribution in [3.05, 3.63) is 24.5 Å². The van der Waals surface area contributed by atoms with E-state index in [4.69, 9.17) is 10.2 Å². The van der Waals surface area contributed by atoms with Gasteiger partial charge in [0.15, 0.2) is 33.5 Å². The van der Waals surface area contributed by atoms with E-state index >= 15 is 0 Å². The van der Waals surface area contributed by atoms with E-state index < -0.39 is 0 Å². The second-order valence-electron chi connectivity index (χ2n) is 5.54. The minimum atomic E-state index is 0.0615. The number of nitrogens with zero attached hydrogens (tertiary/aromatic N) is 5. The van der Waals surface area contributed by atoms with Crippen LogP contribution in [0.25, 0.3) is 22.3 Å². The average Bonchev–Trinajstić information content (AvgIpc) is 3.16. The lowest BCUT2D eigenvalue weighted by Gasteiger charge is -2.05. The number of benzene rings is 1. The summed E-state index contributed by atoms with van der Waals surface area (Å²) in [5.41, 5.74) is 8.16. The number of aryl methyl sites for hydroxylation is 1. The molecule has 0 unspecified atom stereocenters. The van der Waals surface area contributed by atoms with Crippen molar-refractivity contribution in [1.29, 1.82) is 0 Å². The Morgan fingerprint density at radius 2 is 2.16 bits per heavy atom. The van der Waals surface area contributed by atoms with Gasteiger partial charge in [0, 0.05) is 18.3 Å². The molecule has 0 amide bonds. The second-order valence-corrected chi connectivity index (χ2v) is 6.46. The van der Waals surface area contributed by atoms with Crippen LogP contribution in [-0.4, -0.2) is 29.6 Å². The molecular formula is C16H16N6O2S. The number of phenolic OH excluding ortho intramolecular Hbond substituents is 1. The van der Waals surface area contributed by atoms with E-state index in [0.717, 1.165) is 19.4 Å². The highest BCUT2D eigenvalue weighted by Crippen LogP contribution is 2.34. The van der Waals surface area contributed by atoms with E-state index in [2.05, 4.69) is 26.9 Å². The molecule has 25 heavy (non-hydrogen) atoms. The van der Waals surface area contributed by atoms with Crippen molar-refractivity contribution in [3.8, 4) is 5.75 Å². The normalized spacial score (nSPS) is 11.6. The Labute approximate surface area is 147 Å². The van der Waals surface area contributed by atoms with E-state index in [-0.39, 0.29) is 5.75 Å². The Balaban J connectivity index is 1.79. The predicted molar refractivity (Wildman–Crippen MR) is 94.4 cm³/mol. The summed E-state index contributed by atoms with van der Waals surface area (Å²) < 4.78 is 7.67. The molecule has 1 aromatic carbocycles. The fourth-order valence-electron chi connectivity index (χ4n) is 2.57. The summed E-state index contributed by atoms with van der Waals surface area (Å²) in [6, 6.07) is 5.07. The summed E-state index contributed by atoms with van der Waals surface area (Å²) in [5, 5.41) is 11.0. The highest BCUT2D eigenvalue weighted by atomic mass is 32.2. The molecule has 3 heterocycles. The summed E-state index contributed by atoms with van der Waals surface area (Å²) in [4.78, 5) is 17.3. The van der Waals surface area contributed by atoms with Gasteiger partial charge >= 0.3 is 0 Å². The monoisotopic (exact) mass is 356 g/mol. The Kier molecular flexibility index (Phi) is 3.92. The first-order chi connectivity index (χ1) is 12.2. The summed E-state index contributed by atoms with van der Waals surface area (Å²) >= 11 is 1.27. The molecule has 0 radical (unpaired) electrons. The molecule has 0 aliphatic rings. The quantitative estimate of drug-likeness (QED) is 0.560. The van der Waals surface area contributed by atoms with Crippen LogP contribution in [0, 0.1) is 0 Å². The Morgan fingerprint density at radius 1 is 1.28 bits per heavy atom. The molecule has 128 valence electrons. The molecule has 0 aliphatic carbocycles. The maximum Gasteiger partial charge on any atom is 0.264 e. The SMILES string of the molecule is CCCCn1c(Sc2nc3cccc(O)c3o2)nc2c(N)ncnc21. The summed E-state index contributed by atoms with van der Waals surface area (Å²) in [6.07, 6.45) is 3.46. The minimum absolute atomic E-state index is 0.0615. The number of aromatic hydroxyl groups is 1. The number of imidazole rings is 1. The van der Waals surface area contributed by atoms with Crippen LogP contribution in [-0.2, 0) is 6.54 Å². The predicted octanol–water partition coefficient (Wildman–Crippen LogP) is 3.21. The Hall–Kier alpha value is -2.81. The number of hydrogen-bond donors (Lipinski definition) is 2. The molecule has 3 aromatic heterocycles. The third kappa shape index (κ3) is 2.76. The van der Waals surface area contributed by atoms with Gasteiger partial charge in [0.05, 0.1) is 0 Å². The van der Waals surface area contributed by atoms with Gasteiger partial charge in [-0.05, 0) is 18.6 Å². The Bertz CT molecular complexity index is 1060. The molecule has 4 aromatic rings. The van der Waals surface area contributed by atoms with Gasteiger partial charge in [0.1, 0.15) is 11.8 Å². The number of unbranched alkanes of at least 4 members (excludes halogenated alkanes) is 1. The van der Waals surface area contributed by atoms with Crippen molar-refractivity contribution in [1.82, 2.24) is 24.5 Å². The molecule has 4 rings (SSSR count). The standard InChI is InChI=1S/C16H16N6O2S/c1-2-3-7-22-14-11(13(17)18-8-19-14)21-15(22)25-16-20-9-5-4-6-10(23)12(9)24-16/h4-6,8,23H,2-3,7H2,1H3,(H2,17,18,19). The molecule has 0 saturated carbocycles. The number of nitrogens with two attached hydrogens (primary N) is 1. The number of phenols is 1. The Morgan fingerprint density at radius 3 is 2.96 bits per heavy atom. The minimum Gasteiger partial charge on any atom is -0.504 e. The number of rotatable bonds is 5.